The van der Waals surface area contributed by atoms with Gasteiger partial charge in [-0.1, -0.05) is 0 Å². The van der Waals surface area contributed by atoms with Crippen LogP contribution in [0.5, 0.6) is 0 Å². The Kier molecular flexibility index (Phi) is 3.16. The largest absolute Gasteiger partial charge is 0.271 e. The lowest BCUT2D eigenvalue weighted by Crippen LogP contribution is -2.28. The summed E-state index contributed by atoms with van der Waals surface area (Å²) in [6.07, 6.45) is 0. The molecule has 0 spiro atoms. The maximum absolute atomic E-state index is 5.61. The molecule has 0 radical (unpaired) electrons. The Bertz CT molecular complexity index is 447. The maximum atomic E-state index is 5.61. The molecule has 2 aromatic heterocycles. The van der Waals surface area contributed by atoms with E-state index in [1.165, 1.54) is 14.6 Å². The van der Waals surface area contributed by atoms with Crippen LogP contribution in [0, 0.1) is 13.8 Å². The summed E-state index contributed by atoms with van der Waals surface area (Å²) in [7, 11) is 0. The number of nitrogens with one attached hydrogen (secondary N) is 1. The van der Waals surface area contributed by atoms with Crippen molar-refractivity contribution < 1.29 is 0 Å². The van der Waals surface area contributed by atoms with Crippen LogP contribution in [0.2, 0.25) is 0 Å². The molecule has 0 aliphatic rings. The third-order valence-electron chi connectivity index (χ3n) is 2.26. The first-order valence-electron chi connectivity index (χ1n) is 4.65. The van der Waals surface area contributed by atoms with E-state index in [-0.39, 0.29) is 6.04 Å². The van der Waals surface area contributed by atoms with E-state index in [2.05, 4.69) is 29.5 Å². The summed E-state index contributed by atoms with van der Waals surface area (Å²) in [5.74, 6) is 5.61. The fraction of sp³-hybridized carbons (Fsp3) is 0.300. The van der Waals surface area contributed by atoms with E-state index >= 15 is 0 Å². The first-order valence-corrected chi connectivity index (χ1v) is 6.34. The van der Waals surface area contributed by atoms with Crippen molar-refractivity contribution in [2.24, 2.45) is 5.84 Å². The van der Waals surface area contributed by atoms with E-state index in [9.17, 15) is 0 Å². The van der Waals surface area contributed by atoms with E-state index < -0.39 is 0 Å². The number of hydrogen-bond acceptors (Lipinski definition) is 5. The number of nitrogens with two attached hydrogens (primary N) is 1. The van der Waals surface area contributed by atoms with E-state index in [0.29, 0.717) is 0 Å². The summed E-state index contributed by atoms with van der Waals surface area (Å²) in [5, 5.41) is 0. The second kappa shape index (κ2) is 4.40. The van der Waals surface area contributed by atoms with Gasteiger partial charge >= 0.3 is 0 Å². The predicted octanol–water partition coefficient (Wildman–Crippen LogP) is 2.37. The van der Waals surface area contributed by atoms with Crippen molar-refractivity contribution in [2.45, 2.75) is 19.9 Å². The SMILES string of the molecule is Cc1ccc(C(NN)c2scnc2C)s1. The van der Waals surface area contributed by atoms with Crippen molar-refractivity contribution in [2.75, 3.05) is 0 Å². The van der Waals surface area contributed by atoms with Crippen LogP contribution >= 0.6 is 22.7 Å². The molecule has 0 saturated carbocycles. The van der Waals surface area contributed by atoms with Crippen LogP contribution in [-0.4, -0.2) is 4.98 Å². The Labute approximate surface area is 96.9 Å². The molecular formula is C10H13N3S2. The molecule has 3 N–H and O–H groups in total. The molecule has 5 heteroatoms. The maximum Gasteiger partial charge on any atom is 0.0913 e. The predicted molar refractivity (Wildman–Crippen MR) is 65.1 cm³/mol. The first kappa shape index (κ1) is 10.8. The molecule has 0 bridgehead atoms. The van der Waals surface area contributed by atoms with Gasteiger partial charge in [-0.3, -0.25) is 5.84 Å². The fourth-order valence-corrected chi connectivity index (χ4v) is 3.38. The second-order valence-electron chi connectivity index (χ2n) is 3.35. The molecule has 0 saturated heterocycles. The highest BCUT2D eigenvalue weighted by Gasteiger charge is 2.18. The van der Waals surface area contributed by atoms with Gasteiger partial charge in [-0.15, -0.1) is 22.7 Å². The smallest absolute Gasteiger partial charge is 0.0913 e. The first-order chi connectivity index (χ1) is 7.22. The number of thiazole rings is 1. The van der Waals surface area contributed by atoms with E-state index in [0.717, 1.165) is 5.69 Å². The van der Waals surface area contributed by atoms with Gasteiger partial charge in [-0.2, -0.15) is 0 Å². The third-order valence-corrected chi connectivity index (χ3v) is 4.32. The molecule has 80 valence electrons. The number of thiophene rings is 1. The third kappa shape index (κ3) is 2.10. The van der Waals surface area contributed by atoms with Gasteiger partial charge in [0.25, 0.3) is 0 Å². The summed E-state index contributed by atoms with van der Waals surface area (Å²) in [6.45, 7) is 4.11. The lowest BCUT2D eigenvalue weighted by Gasteiger charge is -2.12. The summed E-state index contributed by atoms with van der Waals surface area (Å²) in [4.78, 5) is 7.98. The van der Waals surface area contributed by atoms with E-state index in [4.69, 9.17) is 5.84 Å². The molecule has 2 aromatic rings. The zero-order valence-electron chi connectivity index (χ0n) is 8.65. The highest BCUT2D eigenvalue weighted by Crippen LogP contribution is 2.31. The molecule has 0 amide bonds. The van der Waals surface area contributed by atoms with Crippen LogP contribution in [0.3, 0.4) is 0 Å². The number of hydrazine groups is 1. The van der Waals surface area contributed by atoms with Crippen LogP contribution in [0.1, 0.15) is 26.4 Å². The average molecular weight is 239 g/mol. The minimum absolute atomic E-state index is 0.0798. The average Bonchev–Trinajstić information content (AvgIpc) is 2.79. The van der Waals surface area contributed by atoms with Crippen molar-refractivity contribution in [1.29, 1.82) is 0 Å². The lowest BCUT2D eigenvalue weighted by molar-refractivity contribution is 0.652. The summed E-state index contributed by atoms with van der Waals surface area (Å²) in [5.41, 5.74) is 5.76. The molecule has 0 aliphatic heterocycles. The molecule has 2 heterocycles. The molecule has 1 atom stereocenters. The van der Waals surface area contributed by atoms with E-state index in [1.807, 2.05) is 12.4 Å². The zero-order chi connectivity index (χ0) is 10.8. The number of rotatable bonds is 3. The molecule has 3 nitrogen and oxygen atoms in total. The van der Waals surface area contributed by atoms with Crippen molar-refractivity contribution in [3.63, 3.8) is 0 Å². The van der Waals surface area contributed by atoms with Gasteiger partial charge < -0.3 is 0 Å². The Morgan fingerprint density at radius 3 is 2.67 bits per heavy atom. The highest BCUT2D eigenvalue weighted by molar-refractivity contribution is 7.12. The van der Waals surface area contributed by atoms with Gasteiger partial charge in [0.15, 0.2) is 0 Å². The van der Waals surface area contributed by atoms with Gasteiger partial charge in [0.1, 0.15) is 0 Å². The highest BCUT2D eigenvalue weighted by atomic mass is 32.1. The van der Waals surface area contributed by atoms with Crippen LogP contribution in [-0.2, 0) is 0 Å². The van der Waals surface area contributed by atoms with Crippen molar-refractivity contribution in [3.05, 3.63) is 38.0 Å². The Morgan fingerprint density at radius 2 is 2.20 bits per heavy atom. The molecule has 0 aromatic carbocycles. The standard InChI is InChI=1S/C10H13N3S2/c1-6-3-4-8(15-6)9(13-11)10-7(2)12-5-14-10/h3-5,9,13H,11H2,1-2H3. The zero-order valence-corrected chi connectivity index (χ0v) is 10.3. The Balaban J connectivity index is 2.36. The molecule has 0 aliphatic carbocycles. The van der Waals surface area contributed by atoms with Gasteiger partial charge in [0.05, 0.1) is 22.1 Å². The topological polar surface area (TPSA) is 50.9 Å². The van der Waals surface area contributed by atoms with Gasteiger partial charge in [0.2, 0.25) is 0 Å². The van der Waals surface area contributed by atoms with Crippen LogP contribution < -0.4 is 11.3 Å². The summed E-state index contributed by atoms with van der Waals surface area (Å²) >= 11 is 3.40. The normalized spacial score (nSPS) is 13.0. The number of aryl methyl sites for hydroxylation is 2. The number of aromatic nitrogens is 1. The fourth-order valence-electron chi connectivity index (χ4n) is 1.48. The van der Waals surface area contributed by atoms with Gasteiger partial charge in [-0.05, 0) is 26.0 Å². The molecule has 1 unspecified atom stereocenters. The van der Waals surface area contributed by atoms with Gasteiger partial charge in [-0.25, -0.2) is 10.4 Å². The summed E-state index contributed by atoms with van der Waals surface area (Å²) in [6, 6.07) is 4.31. The van der Waals surface area contributed by atoms with Crippen molar-refractivity contribution in [3.8, 4) is 0 Å². The Hall–Kier alpha value is -0.750. The quantitative estimate of drug-likeness (QED) is 0.638. The molecular weight excluding hydrogens is 226 g/mol. The lowest BCUT2D eigenvalue weighted by atomic mass is 10.2. The minimum atomic E-state index is 0.0798. The van der Waals surface area contributed by atoms with Crippen LogP contribution in [0.25, 0.3) is 0 Å². The van der Waals surface area contributed by atoms with Crippen LogP contribution in [0.4, 0.5) is 0 Å². The van der Waals surface area contributed by atoms with Crippen LogP contribution in [0.15, 0.2) is 17.6 Å². The van der Waals surface area contributed by atoms with Crippen molar-refractivity contribution in [1.82, 2.24) is 10.4 Å². The number of hydrogen-bond donors (Lipinski definition) is 2. The van der Waals surface area contributed by atoms with E-state index in [1.54, 1.807) is 22.7 Å². The van der Waals surface area contributed by atoms with Gasteiger partial charge in [0, 0.05) is 9.75 Å². The second-order valence-corrected chi connectivity index (χ2v) is 5.56. The molecule has 2 rings (SSSR count). The monoisotopic (exact) mass is 239 g/mol. The number of nitrogens with zero attached hydrogens (tertiary/aromatic N) is 1. The molecule has 0 fully saturated rings. The molecule has 15 heavy (non-hydrogen) atoms. The van der Waals surface area contributed by atoms with Crippen molar-refractivity contribution >= 4 is 22.7 Å². The summed E-state index contributed by atoms with van der Waals surface area (Å²) < 4.78 is 0. The Morgan fingerprint density at radius 1 is 1.40 bits per heavy atom. The minimum Gasteiger partial charge on any atom is -0.271 e.